The van der Waals surface area contributed by atoms with E-state index in [1.54, 1.807) is 0 Å². The van der Waals surface area contributed by atoms with Crippen LogP contribution >= 0.6 is 0 Å². The van der Waals surface area contributed by atoms with E-state index >= 15 is 0 Å². The van der Waals surface area contributed by atoms with Crippen LogP contribution < -0.4 is 4.31 Å². The van der Waals surface area contributed by atoms with Crippen molar-refractivity contribution >= 4 is 21.7 Å². The van der Waals surface area contributed by atoms with Gasteiger partial charge in [-0.2, -0.15) is 0 Å². The summed E-state index contributed by atoms with van der Waals surface area (Å²) in [6.07, 6.45) is 2.77. The summed E-state index contributed by atoms with van der Waals surface area (Å²) in [5.41, 5.74) is -0.259. The number of aromatic nitrogens is 1. The molecule has 2 rings (SSSR count). The Morgan fingerprint density at radius 2 is 2.05 bits per heavy atom. The Bertz CT molecular complexity index is 778. The molecule has 0 saturated heterocycles. The predicted molar refractivity (Wildman–Crippen MR) is 73.2 cm³/mol. The molecule has 21 heavy (non-hydrogen) atoms. The maximum absolute atomic E-state index is 13.3. The summed E-state index contributed by atoms with van der Waals surface area (Å²) < 4.78 is 39.1. The molecule has 2 aromatic rings. The van der Waals surface area contributed by atoms with Crippen LogP contribution in [0.25, 0.3) is 0 Å². The lowest BCUT2D eigenvalue weighted by atomic mass is 10.2. The molecule has 110 valence electrons. The van der Waals surface area contributed by atoms with Gasteiger partial charge in [-0.3, -0.25) is 9.29 Å². The van der Waals surface area contributed by atoms with E-state index in [4.69, 9.17) is 5.11 Å². The van der Waals surface area contributed by atoms with Crippen molar-refractivity contribution in [2.75, 3.05) is 11.4 Å². The highest BCUT2D eigenvalue weighted by atomic mass is 32.2. The fraction of sp³-hybridized carbons (Fsp3) is 0.0769. The fourth-order valence-electron chi connectivity index (χ4n) is 1.71. The lowest BCUT2D eigenvalue weighted by Crippen LogP contribution is -2.28. The molecule has 1 aromatic carbocycles. The number of carboxylic acids is 1. The van der Waals surface area contributed by atoms with Crippen LogP contribution in [0.4, 0.5) is 10.1 Å². The van der Waals surface area contributed by atoms with Gasteiger partial charge in [0.15, 0.2) is 0 Å². The van der Waals surface area contributed by atoms with Crippen molar-refractivity contribution in [1.29, 1.82) is 0 Å². The number of carboxylic acid groups (broad SMARTS) is 1. The van der Waals surface area contributed by atoms with E-state index in [-0.39, 0.29) is 5.69 Å². The van der Waals surface area contributed by atoms with Crippen LogP contribution in [0.15, 0.2) is 47.6 Å². The summed E-state index contributed by atoms with van der Waals surface area (Å²) in [4.78, 5) is 14.3. The van der Waals surface area contributed by atoms with Crippen molar-refractivity contribution in [3.8, 4) is 0 Å². The second-order valence-electron chi connectivity index (χ2n) is 4.13. The van der Waals surface area contributed by atoms with Gasteiger partial charge in [-0.1, -0.05) is 0 Å². The van der Waals surface area contributed by atoms with Gasteiger partial charge in [0.1, 0.15) is 10.7 Å². The highest BCUT2D eigenvalue weighted by molar-refractivity contribution is 7.92. The Labute approximate surface area is 120 Å². The van der Waals surface area contributed by atoms with Gasteiger partial charge in [0.2, 0.25) is 0 Å². The number of aromatic carboxylic acids is 1. The first-order valence-electron chi connectivity index (χ1n) is 5.76. The molecule has 0 spiro atoms. The lowest BCUT2D eigenvalue weighted by Gasteiger charge is -2.20. The molecule has 8 heteroatoms. The molecule has 0 aliphatic rings. The minimum absolute atomic E-state index is 0.234. The first-order valence-corrected chi connectivity index (χ1v) is 7.20. The van der Waals surface area contributed by atoms with E-state index in [1.807, 2.05) is 0 Å². The van der Waals surface area contributed by atoms with Crippen molar-refractivity contribution < 1.29 is 22.7 Å². The van der Waals surface area contributed by atoms with Gasteiger partial charge in [0.25, 0.3) is 10.0 Å². The van der Waals surface area contributed by atoms with Crippen LogP contribution in [-0.4, -0.2) is 31.5 Å². The molecular weight excluding hydrogens is 299 g/mol. The Morgan fingerprint density at radius 3 is 2.62 bits per heavy atom. The number of hydrogen-bond acceptors (Lipinski definition) is 4. The van der Waals surface area contributed by atoms with Crippen molar-refractivity contribution in [1.82, 2.24) is 4.98 Å². The maximum Gasteiger partial charge on any atom is 0.337 e. The van der Waals surface area contributed by atoms with Gasteiger partial charge in [-0.25, -0.2) is 17.6 Å². The normalized spacial score (nSPS) is 11.1. The summed E-state index contributed by atoms with van der Waals surface area (Å²) in [5.74, 6) is -2.29. The quantitative estimate of drug-likeness (QED) is 0.929. The minimum atomic E-state index is -4.22. The van der Waals surface area contributed by atoms with E-state index in [0.717, 1.165) is 16.4 Å². The summed E-state index contributed by atoms with van der Waals surface area (Å²) >= 11 is 0. The molecule has 6 nitrogen and oxygen atoms in total. The summed E-state index contributed by atoms with van der Waals surface area (Å²) in [7, 11) is -2.98. The second-order valence-corrected chi connectivity index (χ2v) is 6.07. The van der Waals surface area contributed by atoms with Crippen LogP contribution in [0.2, 0.25) is 0 Å². The predicted octanol–water partition coefficient (Wildman–Crippen LogP) is 1.74. The van der Waals surface area contributed by atoms with E-state index < -0.39 is 32.3 Å². The topological polar surface area (TPSA) is 87.6 Å². The molecule has 0 saturated carbocycles. The molecule has 0 unspecified atom stereocenters. The van der Waals surface area contributed by atoms with Crippen molar-refractivity contribution in [3.05, 3.63) is 54.1 Å². The number of anilines is 1. The number of benzene rings is 1. The number of halogens is 1. The molecule has 0 radical (unpaired) electrons. The van der Waals surface area contributed by atoms with Crippen molar-refractivity contribution in [2.24, 2.45) is 0 Å². The largest absolute Gasteiger partial charge is 0.478 e. The van der Waals surface area contributed by atoms with Gasteiger partial charge in [-0.05, 0) is 30.3 Å². The van der Waals surface area contributed by atoms with E-state index in [1.165, 1.54) is 31.6 Å². The summed E-state index contributed by atoms with van der Waals surface area (Å²) in [6.45, 7) is 0. The third-order valence-corrected chi connectivity index (χ3v) is 4.65. The highest BCUT2D eigenvalue weighted by Crippen LogP contribution is 2.24. The molecule has 0 atom stereocenters. The molecule has 0 aliphatic carbocycles. The molecule has 0 fully saturated rings. The van der Waals surface area contributed by atoms with Gasteiger partial charge in [0, 0.05) is 13.2 Å². The van der Waals surface area contributed by atoms with Crippen LogP contribution in [0.1, 0.15) is 10.4 Å². The monoisotopic (exact) mass is 310 g/mol. The fourth-order valence-corrected chi connectivity index (χ4v) is 3.09. The van der Waals surface area contributed by atoms with E-state index in [9.17, 15) is 17.6 Å². The van der Waals surface area contributed by atoms with Crippen LogP contribution in [-0.2, 0) is 10.0 Å². The molecule has 0 aliphatic heterocycles. The van der Waals surface area contributed by atoms with Gasteiger partial charge in [-0.15, -0.1) is 0 Å². The molecule has 1 aromatic heterocycles. The molecule has 1 heterocycles. The zero-order valence-corrected chi connectivity index (χ0v) is 11.7. The standard InChI is InChI=1S/C13H11FN2O4S/c1-16(10-3-2-6-15-8-10)21(19,20)12-7-9(14)4-5-11(12)13(17)18/h2-8H,1H3,(H,17,18). The average molecular weight is 310 g/mol. The number of pyridine rings is 1. The van der Waals surface area contributed by atoms with Crippen molar-refractivity contribution in [3.63, 3.8) is 0 Å². The molecule has 0 amide bonds. The average Bonchev–Trinajstić information content (AvgIpc) is 2.47. The van der Waals surface area contributed by atoms with Gasteiger partial charge < -0.3 is 5.11 Å². The van der Waals surface area contributed by atoms with Crippen LogP contribution in [0.3, 0.4) is 0 Å². The van der Waals surface area contributed by atoms with Crippen LogP contribution in [0.5, 0.6) is 0 Å². The van der Waals surface area contributed by atoms with Crippen molar-refractivity contribution in [2.45, 2.75) is 4.90 Å². The maximum atomic E-state index is 13.3. The zero-order chi connectivity index (χ0) is 15.6. The number of nitrogens with zero attached hydrogens (tertiary/aromatic N) is 2. The summed E-state index contributed by atoms with van der Waals surface area (Å²) in [5, 5.41) is 9.05. The number of sulfonamides is 1. The molecular formula is C13H11FN2O4S. The molecule has 1 N–H and O–H groups in total. The first kappa shape index (κ1) is 14.9. The lowest BCUT2D eigenvalue weighted by molar-refractivity contribution is 0.0692. The highest BCUT2D eigenvalue weighted by Gasteiger charge is 2.27. The zero-order valence-electron chi connectivity index (χ0n) is 10.9. The van der Waals surface area contributed by atoms with Gasteiger partial charge >= 0.3 is 5.97 Å². The number of rotatable bonds is 4. The second kappa shape index (κ2) is 5.49. The van der Waals surface area contributed by atoms with E-state index in [2.05, 4.69) is 4.98 Å². The van der Waals surface area contributed by atoms with Crippen LogP contribution in [0, 0.1) is 5.82 Å². The number of hydrogen-bond donors (Lipinski definition) is 1. The minimum Gasteiger partial charge on any atom is -0.478 e. The third-order valence-electron chi connectivity index (χ3n) is 2.82. The van der Waals surface area contributed by atoms with E-state index in [0.29, 0.717) is 6.07 Å². The van der Waals surface area contributed by atoms with Gasteiger partial charge in [0.05, 0.1) is 17.4 Å². The smallest absolute Gasteiger partial charge is 0.337 e. The SMILES string of the molecule is CN(c1cccnc1)S(=O)(=O)c1cc(F)ccc1C(=O)O. The Morgan fingerprint density at radius 1 is 1.33 bits per heavy atom. The third kappa shape index (κ3) is 2.84. The first-order chi connectivity index (χ1) is 9.84. The number of carbonyl (C=O) groups is 1. The molecule has 0 bridgehead atoms. The Kier molecular flexibility index (Phi) is 3.90. The summed E-state index contributed by atoms with van der Waals surface area (Å²) in [6, 6.07) is 5.52. The Balaban J connectivity index is 2.59. The Hall–Kier alpha value is -2.48.